The van der Waals surface area contributed by atoms with E-state index in [9.17, 15) is 0 Å². The number of aliphatic imine (C=N–C) groups is 1. The molecule has 0 amide bonds. The minimum absolute atomic E-state index is 0. The van der Waals surface area contributed by atoms with Crippen molar-refractivity contribution in [2.24, 2.45) is 10.9 Å². The summed E-state index contributed by atoms with van der Waals surface area (Å²) in [5, 5.41) is 3.32. The first kappa shape index (κ1) is 22.9. The van der Waals surface area contributed by atoms with E-state index in [-0.39, 0.29) is 24.0 Å². The first-order valence-corrected chi connectivity index (χ1v) is 8.43. The van der Waals surface area contributed by atoms with Crippen LogP contribution in [0.25, 0.3) is 0 Å². The Kier molecular flexibility index (Phi) is 15.3. The number of halogens is 1. The zero-order valence-corrected chi connectivity index (χ0v) is 17.2. The van der Waals surface area contributed by atoms with Gasteiger partial charge >= 0.3 is 0 Å². The summed E-state index contributed by atoms with van der Waals surface area (Å²) in [6, 6.07) is 0. The predicted octanol–water partition coefficient (Wildman–Crippen LogP) is 1.98. The highest BCUT2D eigenvalue weighted by molar-refractivity contribution is 14.0. The van der Waals surface area contributed by atoms with E-state index in [1.165, 1.54) is 6.42 Å². The van der Waals surface area contributed by atoms with Crippen molar-refractivity contribution in [2.75, 3.05) is 66.8 Å². The molecule has 0 spiro atoms. The van der Waals surface area contributed by atoms with Gasteiger partial charge in [-0.05, 0) is 12.8 Å². The molecule has 7 heteroatoms. The lowest BCUT2D eigenvalue weighted by atomic mass is 10.1. The molecule has 0 bridgehead atoms. The van der Waals surface area contributed by atoms with Crippen molar-refractivity contribution >= 4 is 29.9 Å². The minimum Gasteiger partial charge on any atom is -0.381 e. The summed E-state index contributed by atoms with van der Waals surface area (Å²) in [6.45, 7) is 8.47. The third kappa shape index (κ3) is 11.1. The van der Waals surface area contributed by atoms with Gasteiger partial charge in [-0.2, -0.15) is 0 Å². The van der Waals surface area contributed by atoms with Crippen molar-refractivity contribution in [2.45, 2.75) is 26.2 Å². The maximum Gasteiger partial charge on any atom is 0.193 e. The molecule has 1 atom stereocenters. The monoisotopic (exact) mass is 443 g/mol. The zero-order valence-electron chi connectivity index (χ0n) is 14.9. The Morgan fingerprint density at radius 2 is 2.00 bits per heavy atom. The van der Waals surface area contributed by atoms with Crippen LogP contribution in [-0.2, 0) is 14.2 Å². The maximum atomic E-state index is 5.54. The van der Waals surface area contributed by atoms with Crippen LogP contribution in [0.3, 0.4) is 0 Å². The third-order valence-electron chi connectivity index (χ3n) is 3.67. The van der Waals surface area contributed by atoms with Crippen LogP contribution in [0.15, 0.2) is 4.99 Å². The third-order valence-corrected chi connectivity index (χ3v) is 3.67. The predicted molar refractivity (Wildman–Crippen MR) is 105 cm³/mol. The molecule has 138 valence electrons. The van der Waals surface area contributed by atoms with Crippen molar-refractivity contribution in [3.63, 3.8) is 0 Å². The quantitative estimate of drug-likeness (QED) is 0.229. The Balaban J connectivity index is 0.00000484. The molecule has 1 unspecified atom stereocenters. The van der Waals surface area contributed by atoms with Gasteiger partial charge in [0.2, 0.25) is 0 Å². The van der Waals surface area contributed by atoms with E-state index in [1.807, 2.05) is 7.05 Å². The van der Waals surface area contributed by atoms with Gasteiger partial charge in [0.05, 0.1) is 26.4 Å². The number of nitrogens with zero attached hydrogens (tertiary/aromatic N) is 2. The Morgan fingerprint density at radius 3 is 2.61 bits per heavy atom. The fraction of sp³-hybridized carbons (Fsp3) is 0.938. The van der Waals surface area contributed by atoms with Gasteiger partial charge in [0, 0.05) is 46.3 Å². The van der Waals surface area contributed by atoms with E-state index in [0.29, 0.717) is 25.7 Å². The normalized spacial score (nSPS) is 17.9. The van der Waals surface area contributed by atoms with Gasteiger partial charge in [0.1, 0.15) is 0 Å². The van der Waals surface area contributed by atoms with Gasteiger partial charge in [-0.3, -0.25) is 4.99 Å². The van der Waals surface area contributed by atoms with Gasteiger partial charge in [0.15, 0.2) is 5.96 Å². The molecule has 23 heavy (non-hydrogen) atoms. The van der Waals surface area contributed by atoms with E-state index in [2.05, 4.69) is 29.2 Å². The molecule has 0 radical (unpaired) electrons. The van der Waals surface area contributed by atoms with Crippen molar-refractivity contribution in [1.29, 1.82) is 0 Å². The molecule has 1 saturated heterocycles. The van der Waals surface area contributed by atoms with Gasteiger partial charge < -0.3 is 24.4 Å². The summed E-state index contributed by atoms with van der Waals surface area (Å²) in [6.07, 6.45) is 3.43. The number of hydrogen-bond acceptors (Lipinski definition) is 4. The topological polar surface area (TPSA) is 55.3 Å². The van der Waals surface area contributed by atoms with Crippen LogP contribution in [-0.4, -0.2) is 77.7 Å². The first-order chi connectivity index (χ1) is 10.8. The van der Waals surface area contributed by atoms with E-state index < -0.39 is 0 Å². The molecule has 0 aromatic rings. The molecule has 1 fully saturated rings. The molecule has 1 N–H and O–H groups in total. The number of ether oxygens (including phenoxy) is 3. The van der Waals surface area contributed by atoms with Gasteiger partial charge in [-0.25, -0.2) is 0 Å². The molecular weight excluding hydrogens is 409 g/mol. The fourth-order valence-corrected chi connectivity index (χ4v) is 2.39. The van der Waals surface area contributed by atoms with Crippen LogP contribution in [0.5, 0.6) is 0 Å². The standard InChI is InChI=1S/C16H33N3O3.HI/c1-4-5-8-20-11-12-21-10-7-18-16(17-2)19(3)13-15-6-9-22-14-15;/h15H,4-14H2,1-3H3,(H,17,18);1H. The van der Waals surface area contributed by atoms with Crippen LogP contribution in [0.2, 0.25) is 0 Å². The number of nitrogens with one attached hydrogen (secondary N) is 1. The molecule has 0 saturated carbocycles. The Morgan fingerprint density at radius 1 is 1.26 bits per heavy atom. The number of hydrogen-bond donors (Lipinski definition) is 1. The molecule has 0 aromatic heterocycles. The minimum atomic E-state index is 0. The van der Waals surface area contributed by atoms with E-state index in [4.69, 9.17) is 14.2 Å². The van der Waals surface area contributed by atoms with Crippen LogP contribution in [0.4, 0.5) is 0 Å². The largest absolute Gasteiger partial charge is 0.381 e. The van der Waals surface area contributed by atoms with Crippen LogP contribution in [0.1, 0.15) is 26.2 Å². The van der Waals surface area contributed by atoms with Crippen LogP contribution >= 0.6 is 24.0 Å². The summed E-state index contributed by atoms with van der Waals surface area (Å²) in [7, 11) is 3.88. The number of guanidine groups is 1. The number of unbranched alkanes of at least 4 members (excludes halogenated alkanes) is 1. The lowest BCUT2D eigenvalue weighted by molar-refractivity contribution is 0.0486. The average Bonchev–Trinajstić information content (AvgIpc) is 3.02. The lowest BCUT2D eigenvalue weighted by Gasteiger charge is -2.24. The average molecular weight is 443 g/mol. The summed E-state index contributed by atoms with van der Waals surface area (Å²) in [4.78, 5) is 6.47. The van der Waals surface area contributed by atoms with Crippen molar-refractivity contribution < 1.29 is 14.2 Å². The van der Waals surface area contributed by atoms with Crippen LogP contribution in [0, 0.1) is 5.92 Å². The molecular formula is C16H34IN3O3. The molecule has 6 nitrogen and oxygen atoms in total. The van der Waals surface area contributed by atoms with Crippen molar-refractivity contribution in [1.82, 2.24) is 10.2 Å². The molecule has 0 aromatic carbocycles. The molecule has 1 rings (SSSR count). The second-order valence-electron chi connectivity index (χ2n) is 5.66. The van der Waals surface area contributed by atoms with E-state index in [0.717, 1.165) is 51.7 Å². The fourth-order valence-electron chi connectivity index (χ4n) is 2.39. The van der Waals surface area contributed by atoms with E-state index in [1.54, 1.807) is 0 Å². The molecule has 1 aliphatic heterocycles. The SMILES string of the molecule is CCCCOCCOCCNC(=NC)N(C)CC1CCOC1.I. The Labute approximate surface area is 158 Å². The van der Waals surface area contributed by atoms with Gasteiger partial charge in [-0.1, -0.05) is 13.3 Å². The van der Waals surface area contributed by atoms with E-state index >= 15 is 0 Å². The highest BCUT2D eigenvalue weighted by Gasteiger charge is 2.18. The number of rotatable bonds is 11. The zero-order chi connectivity index (χ0) is 16.0. The lowest BCUT2D eigenvalue weighted by Crippen LogP contribution is -2.42. The Bertz CT molecular complexity index is 300. The molecule has 0 aliphatic carbocycles. The maximum absolute atomic E-state index is 5.54. The second kappa shape index (κ2) is 15.4. The van der Waals surface area contributed by atoms with Gasteiger partial charge in [-0.15, -0.1) is 24.0 Å². The van der Waals surface area contributed by atoms with Crippen LogP contribution < -0.4 is 5.32 Å². The van der Waals surface area contributed by atoms with Crippen molar-refractivity contribution in [3.05, 3.63) is 0 Å². The Hall–Kier alpha value is -0.120. The highest BCUT2D eigenvalue weighted by atomic mass is 127. The highest BCUT2D eigenvalue weighted by Crippen LogP contribution is 2.13. The smallest absolute Gasteiger partial charge is 0.193 e. The van der Waals surface area contributed by atoms with Crippen molar-refractivity contribution in [3.8, 4) is 0 Å². The second-order valence-corrected chi connectivity index (χ2v) is 5.66. The summed E-state index contributed by atoms with van der Waals surface area (Å²) >= 11 is 0. The summed E-state index contributed by atoms with van der Waals surface area (Å²) in [5.74, 6) is 1.52. The molecule has 1 heterocycles. The van der Waals surface area contributed by atoms with Gasteiger partial charge in [0.25, 0.3) is 0 Å². The molecule has 1 aliphatic rings. The first-order valence-electron chi connectivity index (χ1n) is 8.43. The summed E-state index contributed by atoms with van der Waals surface area (Å²) in [5.41, 5.74) is 0. The summed E-state index contributed by atoms with van der Waals surface area (Å²) < 4.78 is 16.4.